The minimum absolute atomic E-state index is 0.245. The molecule has 0 saturated heterocycles. The molecule has 1 aliphatic heterocycles. The molecule has 0 aromatic heterocycles. The van der Waals surface area contributed by atoms with E-state index in [0.29, 0.717) is 29.1 Å². The third-order valence-electron chi connectivity index (χ3n) is 5.73. The van der Waals surface area contributed by atoms with Gasteiger partial charge in [0, 0.05) is 24.8 Å². The van der Waals surface area contributed by atoms with Crippen molar-refractivity contribution < 1.29 is 14.3 Å². The molecule has 0 atom stereocenters. The van der Waals surface area contributed by atoms with Crippen LogP contribution in [0, 0.1) is 0 Å². The fourth-order valence-electron chi connectivity index (χ4n) is 4.00. The Morgan fingerprint density at radius 1 is 0.839 bits per heavy atom. The summed E-state index contributed by atoms with van der Waals surface area (Å²) in [4.78, 5) is 30.1. The largest absolute Gasteiger partial charge is 0.496 e. The van der Waals surface area contributed by atoms with Crippen molar-refractivity contribution in [1.82, 2.24) is 4.90 Å². The highest BCUT2D eigenvalue weighted by atomic mass is 16.5. The van der Waals surface area contributed by atoms with E-state index >= 15 is 0 Å². The Balaban J connectivity index is 1.92. The van der Waals surface area contributed by atoms with Crippen LogP contribution >= 0.6 is 0 Å². The zero-order valence-electron chi connectivity index (χ0n) is 18.8. The highest BCUT2D eigenvalue weighted by molar-refractivity contribution is 6.37. The SMILES string of the molecule is CCCCCCCCN1C(=O)C(c2ccccc2OC)=C(N(C)c2ccccc2)C1=O. The van der Waals surface area contributed by atoms with E-state index in [4.69, 9.17) is 4.74 Å². The number of likely N-dealkylation sites (N-methyl/N-ethyl adjacent to an activating group) is 1. The number of para-hydroxylation sites is 2. The molecule has 0 unspecified atom stereocenters. The monoisotopic (exact) mass is 420 g/mol. The fraction of sp³-hybridized carbons (Fsp3) is 0.385. The van der Waals surface area contributed by atoms with Crippen LogP contribution in [0.4, 0.5) is 5.69 Å². The lowest BCUT2D eigenvalue weighted by Gasteiger charge is -2.21. The van der Waals surface area contributed by atoms with Crippen molar-refractivity contribution in [1.29, 1.82) is 0 Å². The zero-order valence-corrected chi connectivity index (χ0v) is 18.8. The first-order valence-corrected chi connectivity index (χ1v) is 11.1. The predicted molar refractivity (Wildman–Crippen MR) is 125 cm³/mol. The van der Waals surface area contributed by atoms with Crippen molar-refractivity contribution in [2.75, 3.05) is 25.6 Å². The number of rotatable bonds is 11. The molecular formula is C26H32N2O3. The lowest BCUT2D eigenvalue weighted by Crippen LogP contribution is -2.35. The summed E-state index contributed by atoms with van der Waals surface area (Å²) in [7, 11) is 3.41. The lowest BCUT2D eigenvalue weighted by atomic mass is 10.0. The van der Waals surface area contributed by atoms with Crippen LogP contribution < -0.4 is 9.64 Å². The van der Waals surface area contributed by atoms with E-state index in [-0.39, 0.29) is 11.8 Å². The van der Waals surface area contributed by atoms with E-state index in [1.54, 1.807) is 7.11 Å². The Bertz CT molecular complexity index is 937. The molecule has 1 aliphatic rings. The van der Waals surface area contributed by atoms with Crippen LogP contribution in [0.5, 0.6) is 5.75 Å². The molecule has 5 nitrogen and oxygen atoms in total. The topological polar surface area (TPSA) is 49.9 Å². The van der Waals surface area contributed by atoms with Gasteiger partial charge in [0.05, 0.1) is 12.7 Å². The number of methoxy groups -OCH3 is 1. The molecule has 2 aromatic rings. The summed E-state index contributed by atoms with van der Waals surface area (Å²) < 4.78 is 5.51. The molecule has 5 heteroatoms. The Morgan fingerprint density at radius 3 is 2.19 bits per heavy atom. The molecule has 2 amide bonds. The summed E-state index contributed by atoms with van der Waals surface area (Å²) in [5, 5.41) is 0. The molecule has 0 bridgehead atoms. The molecule has 0 saturated carbocycles. The number of carbonyl (C=O) groups excluding carboxylic acids is 2. The Labute approximate surface area is 185 Å². The van der Waals surface area contributed by atoms with Crippen molar-refractivity contribution in [3.05, 3.63) is 65.9 Å². The van der Waals surface area contributed by atoms with Crippen LogP contribution in [0.25, 0.3) is 5.57 Å². The Kier molecular flexibility index (Phi) is 7.88. The van der Waals surface area contributed by atoms with Crippen molar-refractivity contribution in [2.45, 2.75) is 45.4 Å². The maximum atomic E-state index is 13.5. The fourth-order valence-corrected chi connectivity index (χ4v) is 4.00. The quantitative estimate of drug-likeness (QED) is 0.367. The number of nitrogens with zero attached hydrogens (tertiary/aromatic N) is 2. The van der Waals surface area contributed by atoms with Gasteiger partial charge >= 0.3 is 0 Å². The number of carbonyl (C=O) groups is 2. The number of amides is 2. The molecule has 164 valence electrons. The Morgan fingerprint density at radius 2 is 1.48 bits per heavy atom. The molecule has 31 heavy (non-hydrogen) atoms. The van der Waals surface area contributed by atoms with E-state index in [1.165, 1.54) is 24.2 Å². The van der Waals surface area contributed by atoms with Gasteiger partial charge in [-0.1, -0.05) is 75.4 Å². The number of unbranched alkanes of at least 4 members (excludes halogenated alkanes) is 5. The highest BCUT2D eigenvalue weighted by Gasteiger charge is 2.41. The average molecular weight is 421 g/mol. The second kappa shape index (κ2) is 10.8. The highest BCUT2D eigenvalue weighted by Crippen LogP contribution is 2.37. The average Bonchev–Trinajstić information content (AvgIpc) is 3.05. The molecule has 2 aromatic carbocycles. The van der Waals surface area contributed by atoms with Crippen LogP contribution in [0.15, 0.2) is 60.3 Å². The van der Waals surface area contributed by atoms with Crippen LogP contribution in [0.2, 0.25) is 0 Å². The summed E-state index contributed by atoms with van der Waals surface area (Å²) in [6.45, 7) is 2.63. The van der Waals surface area contributed by atoms with Gasteiger partial charge in [0.1, 0.15) is 11.4 Å². The standard InChI is InChI=1S/C26H32N2O3/c1-4-5-6-7-8-14-19-28-25(29)23(21-17-12-13-18-22(21)31-3)24(26(28)30)27(2)20-15-10-9-11-16-20/h9-13,15-18H,4-8,14,19H2,1-3H3. The van der Waals surface area contributed by atoms with Gasteiger partial charge in [0.25, 0.3) is 11.8 Å². The minimum Gasteiger partial charge on any atom is -0.496 e. The molecule has 3 rings (SSSR count). The summed E-state index contributed by atoms with van der Waals surface area (Å²) >= 11 is 0. The lowest BCUT2D eigenvalue weighted by molar-refractivity contribution is -0.136. The number of benzene rings is 2. The van der Waals surface area contributed by atoms with Gasteiger partial charge in [-0.15, -0.1) is 0 Å². The van der Waals surface area contributed by atoms with E-state index in [0.717, 1.165) is 24.9 Å². The van der Waals surface area contributed by atoms with E-state index < -0.39 is 0 Å². The summed E-state index contributed by atoms with van der Waals surface area (Å²) in [6, 6.07) is 17.0. The van der Waals surface area contributed by atoms with Gasteiger partial charge in [-0.2, -0.15) is 0 Å². The second-order valence-corrected chi connectivity index (χ2v) is 7.85. The number of anilines is 1. The van der Waals surface area contributed by atoms with Crippen LogP contribution in [0.1, 0.15) is 51.0 Å². The van der Waals surface area contributed by atoms with E-state index in [1.807, 2.05) is 66.5 Å². The van der Waals surface area contributed by atoms with Gasteiger partial charge in [0.15, 0.2) is 0 Å². The smallest absolute Gasteiger partial charge is 0.278 e. The van der Waals surface area contributed by atoms with E-state index in [2.05, 4.69) is 6.92 Å². The van der Waals surface area contributed by atoms with Crippen molar-refractivity contribution in [2.24, 2.45) is 0 Å². The second-order valence-electron chi connectivity index (χ2n) is 7.85. The maximum Gasteiger partial charge on any atom is 0.278 e. The third-order valence-corrected chi connectivity index (χ3v) is 5.73. The van der Waals surface area contributed by atoms with E-state index in [9.17, 15) is 9.59 Å². The van der Waals surface area contributed by atoms with Gasteiger partial charge in [0.2, 0.25) is 0 Å². The normalized spacial score (nSPS) is 13.8. The number of hydrogen-bond acceptors (Lipinski definition) is 4. The molecule has 0 spiro atoms. The molecule has 0 N–H and O–H groups in total. The number of ether oxygens (including phenoxy) is 1. The Hall–Kier alpha value is -3.08. The minimum atomic E-state index is -0.249. The molecule has 0 radical (unpaired) electrons. The predicted octanol–water partition coefficient (Wildman–Crippen LogP) is 5.27. The molecule has 0 aliphatic carbocycles. The zero-order chi connectivity index (χ0) is 22.2. The van der Waals surface area contributed by atoms with Crippen LogP contribution in [0.3, 0.4) is 0 Å². The van der Waals surface area contributed by atoms with Crippen LogP contribution in [-0.4, -0.2) is 37.4 Å². The van der Waals surface area contributed by atoms with Crippen molar-refractivity contribution >= 4 is 23.1 Å². The maximum absolute atomic E-state index is 13.5. The van der Waals surface area contributed by atoms with Crippen molar-refractivity contribution in [3.8, 4) is 5.75 Å². The van der Waals surface area contributed by atoms with Gasteiger partial charge in [-0.25, -0.2) is 0 Å². The first-order valence-electron chi connectivity index (χ1n) is 11.1. The molecular weight excluding hydrogens is 388 g/mol. The summed E-state index contributed by atoms with van der Waals surface area (Å²) in [6.07, 6.45) is 6.60. The van der Waals surface area contributed by atoms with Gasteiger partial charge in [-0.3, -0.25) is 14.5 Å². The van der Waals surface area contributed by atoms with Crippen molar-refractivity contribution in [3.63, 3.8) is 0 Å². The van der Waals surface area contributed by atoms with Gasteiger partial charge in [-0.05, 0) is 24.6 Å². The first-order chi connectivity index (χ1) is 15.1. The summed E-state index contributed by atoms with van der Waals surface area (Å²) in [5.74, 6) is 0.0886. The van der Waals surface area contributed by atoms with Crippen LogP contribution in [-0.2, 0) is 9.59 Å². The number of hydrogen-bond donors (Lipinski definition) is 0. The van der Waals surface area contributed by atoms with Gasteiger partial charge < -0.3 is 9.64 Å². The molecule has 0 fully saturated rings. The summed E-state index contributed by atoms with van der Waals surface area (Å²) in [5.41, 5.74) is 2.30. The molecule has 1 heterocycles. The number of imide groups is 1. The first kappa shape index (κ1) is 22.6. The third kappa shape index (κ3) is 4.98.